The molecule has 2 aliphatic rings. The minimum Gasteiger partial charge on any atom is -0.479 e. The maximum absolute atomic E-state index is 11.6. The van der Waals surface area contributed by atoms with Crippen molar-refractivity contribution >= 4 is 28.3 Å². The van der Waals surface area contributed by atoms with Crippen molar-refractivity contribution in [2.24, 2.45) is 5.41 Å². The number of likely N-dealkylation sites (tertiary alicyclic amines) is 1. The monoisotopic (exact) mass is 456 g/mol. The molecule has 1 aliphatic carbocycles. The van der Waals surface area contributed by atoms with Crippen molar-refractivity contribution in [1.82, 2.24) is 24.5 Å². The van der Waals surface area contributed by atoms with E-state index in [2.05, 4.69) is 34.6 Å². The van der Waals surface area contributed by atoms with Crippen LogP contribution in [0.2, 0.25) is 0 Å². The predicted octanol–water partition coefficient (Wildman–Crippen LogP) is 4.16. The lowest BCUT2D eigenvalue weighted by atomic mass is 9.67. The Kier molecular flexibility index (Phi) is 4.90. The molecule has 1 saturated carbocycles. The van der Waals surface area contributed by atoms with Gasteiger partial charge in [-0.1, -0.05) is 12.1 Å². The number of amides is 1. The molecule has 8 nitrogen and oxygen atoms in total. The van der Waals surface area contributed by atoms with Crippen LogP contribution in [0.15, 0.2) is 48.8 Å². The van der Waals surface area contributed by atoms with E-state index >= 15 is 0 Å². The molecule has 34 heavy (non-hydrogen) atoms. The summed E-state index contributed by atoms with van der Waals surface area (Å²) in [5, 5.41) is 9.36. The van der Waals surface area contributed by atoms with Crippen LogP contribution in [-0.4, -0.2) is 56.6 Å². The van der Waals surface area contributed by atoms with Gasteiger partial charge in [-0.25, -0.2) is 4.52 Å². The molecule has 1 aromatic carbocycles. The van der Waals surface area contributed by atoms with Gasteiger partial charge in [0.05, 0.1) is 12.6 Å². The Balaban J connectivity index is 1.23. The number of aromatic nitrogens is 4. The highest BCUT2D eigenvalue weighted by molar-refractivity contribution is 5.90. The van der Waals surface area contributed by atoms with E-state index < -0.39 is 0 Å². The van der Waals surface area contributed by atoms with Crippen molar-refractivity contribution in [2.75, 3.05) is 25.5 Å². The maximum atomic E-state index is 11.6. The number of ether oxygens (including phenoxy) is 1. The van der Waals surface area contributed by atoms with E-state index in [1.807, 2.05) is 27.7 Å². The second-order valence-corrected chi connectivity index (χ2v) is 9.67. The molecule has 2 fully saturated rings. The van der Waals surface area contributed by atoms with Crippen molar-refractivity contribution < 1.29 is 9.53 Å². The van der Waals surface area contributed by atoms with Crippen molar-refractivity contribution in [2.45, 2.75) is 38.6 Å². The Morgan fingerprint density at radius 1 is 1.18 bits per heavy atom. The van der Waals surface area contributed by atoms with Crippen LogP contribution in [0.4, 0.5) is 5.95 Å². The number of nitrogens with one attached hydrogen (secondary N) is 1. The summed E-state index contributed by atoms with van der Waals surface area (Å²) in [5.41, 5.74) is 4.22. The number of carbonyl (C=O) groups is 1. The molecule has 1 aliphatic heterocycles. The molecule has 1 N–H and O–H groups in total. The summed E-state index contributed by atoms with van der Waals surface area (Å²) in [6, 6.07) is 12.6. The van der Waals surface area contributed by atoms with E-state index in [0.29, 0.717) is 23.3 Å². The molecule has 174 valence electrons. The van der Waals surface area contributed by atoms with Gasteiger partial charge in [-0.2, -0.15) is 4.98 Å². The lowest BCUT2D eigenvalue weighted by molar-refractivity contribution is -0.143. The second kappa shape index (κ2) is 7.97. The molecule has 1 amide bonds. The van der Waals surface area contributed by atoms with Gasteiger partial charge < -0.3 is 15.0 Å². The number of fused-ring (bicyclic) bond motifs is 2. The van der Waals surface area contributed by atoms with Gasteiger partial charge in [0.2, 0.25) is 17.7 Å². The van der Waals surface area contributed by atoms with Gasteiger partial charge in [0, 0.05) is 54.8 Å². The number of anilines is 1. The molecule has 8 heteroatoms. The molecule has 6 rings (SSSR count). The molecule has 0 bridgehead atoms. The Morgan fingerprint density at radius 2 is 2.00 bits per heavy atom. The van der Waals surface area contributed by atoms with Crippen molar-refractivity contribution in [3.05, 3.63) is 48.8 Å². The molecule has 0 unspecified atom stereocenters. The highest BCUT2D eigenvalue weighted by Crippen LogP contribution is 2.44. The average Bonchev–Trinajstić information content (AvgIpc) is 3.26. The van der Waals surface area contributed by atoms with Crippen LogP contribution in [0.5, 0.6) is 5.88 Å². The molecular formula is C26H28N6O2. The second-order valence-electron chi connectivity index (χ2n) is 9.67. The molecule has 0 atom stereocenters. The molecular weight excluding hydrogens is 428 g/mol. The fourth-order valence-corrected chi connectivity index (χ4v) is 5.53. The van der Waals surface area contributed by atoms with Gasteiger partial charge in [0.25, 0.3) is 0 Å². The number of methoxy groups -OCH3 is 1. The van der Waals surface area contributed by atoms with E-state index in [1.54, 1.807) is 20.2 Å². The van der Waals surface area contributed by atoms with Gasteiger partial charge in [-0.15, -0.1) is 5.10 Å². The van der Waals surface area contributed by atoms with Crippen LogP contribution in [0.3, 0.4) is 0 Å². The standard InChI is InChI=1S/C26H28N6O2/c1-17(33)31-15-26(16-31)10-7-20(8-11-26)28-25-29-24(34-2)23-21(9-13-32(23)30-25)18-5-6-22-19(14-18)4-3-12-27-22/h3-6,9,12-14,20H,7-8,10-11,15-16H2,1-2H3,(H,28,30). The fourth-order valence-electron chi connectivity index (χ4n) is 5.53. The summed E-state index contributed by atoms with van der Waals surface area (Å²) in [7, 11) is 1.65. The fraction of sp³-hybridized carbons (Fsp3) is 0.385. The summed E-state index contributed by atoms with van der Waals surface area (Å²) in [6.07, 6.45) is 8.11. The molecule has 0 radical (unpaired) electrons. The van der Waals surface area contributed by atoms with Crippen molar-refractivity contribution in [3.8, 4) is 17.0 Å². The first-order valence-corrected chi connectivity index (χ1v) is 11.8. The Bertz CT molecular complexity index is 1380. The lowest BCUT2D eigenvalue weighted by Gasteiger charge is -2.53. The number of hydrogen-bond donors (Lipinski definition) is 1. The number of pyridine rings is 1. The Morgan fingerprint density at radius 3 is 2.76 bits per heavy atom. The highest BCUT2D eigenvalue weighted by atomic mass is 16.5. The van der Waals surface area contributed by atoms with E-state index in [9.17, 15) is 4.79 Å². The highest BCUT2D eigenvalue weighted by Gasteiger charge is 2.46. The number of rotatable bonds is 4. The molecule has 1 saturated heterocycles. The molecule has 3 aromatic heterocycles. The third-order valence-corrected chi connectivity index (χ3v) is 7.46. The van der Waals surface area contributed by atoms with E-state index in [4.69, 9.17) is 14.8 Å². The molecule has 4 aromatic rings. The molecule has 4 heterocycles. The summed E-state index contributed by atoms with van der Waals surface area (Å²) >= 11 is 0. The Hall–Kier alpha value is -3.68. The normalized spacial score (nSPS) is 17.8. The zero-order valence-corrected chi connectivity index (χ0v) is 19.5. The van der Waals surface area contributed by atoms with Gasteiger partial charge in [0.1, 0.15) is 5.52 Å². The first kappa shape index (κ1) is 20.9. The summed E-state index contributed by atoms with van der Waals surface area (Å²) in [6.45, 7) is 3.47. The minimum absolute atomic E-state index is 0.186. The van der Waals surface area contributed by atoms with Gasteiger partial charge in [-0.05, 0) is 55.5 Å². The first-order valence-electron chi connectivity index (χ1n) is 11.8. The maximum Gasteiger partial charge on any atom is 0.244 e. The van der Waals surface area contributed by atoms with Crippen LogP contribution >= 0.6 is 0 Å². The lowest BCUT2D eigenvalue weighted by Crippen LogP contribution is -2.59. The zero-order valence-electron chi connectivity index (χ0n) is 19.5. The SMILES string of the molecule is COc1nc(NC2CCC3(CC2)CN(C(C)=O)C3)nn2ccc(-c3ccc4ncccc4c3)c12. The van der Waals surface area contributed by atoms with Gasteiger partial charge in [-0.3, -0.25) is 9.78 Å². The van der Waals surface area contributed by atoms with Crippen molar-refractivity contribution in [1.29, 1.82) is 0 Å². The van der Waals surface area contributed by atoms with Crippen molar-refractivity contribution in [3.63, 3.8) is 0 Å². The van der Waals surface area contributed by atoms with Crippen LogP contribution < -0.4 is 10.1 Å². The van der Waals surface area contributed by atoms with E-state index in [0.717, 1.165) is 66.3 Å². The van der Waals surface area contributed by atoms with E-state index in [-0.39, 0.29) is 5.91 Å². The zero-order chi connectivity index (χ0) is 23.3. The number of hydrogen-bond acceptors (Lipinski definition) is 6. The van der Waals surface area contributed by atoms with Crippen LogP contribution in [0, 0.1) is 5.41 Å². The number of nitrogens with zero attached hydrogens (tertiary/aromatic N) is 5. The van der Waals surface area contributed by atoms with Crippen LogP contribution in [0.1, 0.15) is 32.6 Å². The minimum atomic E-state index is 0.186. The van der Waals surface area contributed by atoms with Crippen LogP contribution in [-0.2, 0) is 4.79 Å². The third-order valence-electron chi connectivity index (χ3n) is 7.46. The number of benzene rings is 1. The topological polar surface area (TPSA) is 84.6 Å². The smallest absolute Gasteiger partial charge is 0.244 e. The summed E-state index contributed by atoms with van der Waals surface area (Å²) < 4.78 is 7.54. The van der Waals surface area contributed by atoms with Gasteiger partial charge >= 0.3 is 0 Å². The van der Waals surface area contributed by atoms with Crippen LogP contribution in [0.25, 0.3) is 27.5 Å². The van der Waals surface area contributed by atoms with E-state index in [1.165, 1.54) is 0 Å². The Labute approximate surface area is 198 Å². The summed E-state index contributed by atoms with van der Waals surface area (Å²) in [4.78, 5) is 22.6. The average molecular weight is 457 g/mol. The predicted molar refractivity (Wildman–Crippen MR) is 131 cm³/mol. The summed E-state index contributed by atoms with van der Waals surface area (Å²) in [5.74, 6) is 1.31. The largest absolute Gasteiger partial charge is 0.479 e. The third kappa shape index (κ3) is 3.54. The first-order chi connectivity index (χ1) is 16.5. The number of carbonyl (C=O) groups excluding carboxylic acids is 1. The van der Waals surface area contributed by atoms with Gasteiger partial charge in [0.15, 0.2) is 0 Å². The quantitative estimate of drug-likeness (QED) is 0.497. The molecule has 1 spiro atoms.